The quantitative estimate of drug-likeness (QED) is 0.929. The lowest BCUT2D eigenvalue weighted by atomic mass is 10.1. The lowest BCUT2D eigenvalue weighted by molar-refractivity contribution is 0.396. The summed E-state index contributed by atoms with van der Waals surface area (Å²) in [5.74, 6) is 0.449. The number of pyridine rings is 1. The first-order valence-corrected chi connectivity index (χ1v) is 6.77. The molecule has 1 heterocycles. The Labute approximate surface area is 117 Å². The van der Waals surface area contributed by atoms with Crippen molar-refractivity contribution in [2.24, 2.45) is 0 Å². The van der Waals surface area contributed by atoms with Gasteiger partial charge in [-0.05, 0) is 47.7 Å². The predicted molar refractivity (Wildman–Crippen MR) is 75.1 cm³/mol. The van der Waals surface area contributed by atoms with E-state index in [1.807, 2.05) is 18.2 Å². The number of aryl methyl sites for hydroxylation is 1. The maximum Gasteiger partial charge on any atom is 0.213 e. The number of hydrogen-bond acceptors (Lipinski definition) is 3. The Hall–Kier alpha value is -1.94. The molecule has 0 unspecified atom stereocenters. The minimum absolute atomic E-state index is 0.164. The van der Waals surface area contributed by atoms with E-state index >= 15 is 0 Å². The Morgan fingerprint density at radius 1 is 1.35 bits per heavy atom. The predicted octanol–water partition coefficient (Wildman–Crippen LogP) is 3.01. The van der Waals surface area contributed by atoms with Gasteiger partial charge in [-0.2, -0.15) is 0 Å². The number of fused-ring (bicyclic) bond motifs is 1. The van der Waals surface area contributed by atoms with Crippen LogP contribution in [0.2, 0.25) is 0 Å². The topological polar surface area (TPSA) is 34.1 Å². The van der Waals surface area contributed by atoms with Gasteiger partial charge < -0.3 is 10.1 Å². The number of aromatic nitrogens is 1. The van der Waals surface area contributed by atoms with Crippen molar-refractivity contribution in [2.45, 2.75) is 25.4 Å². The van der Waals surface area contributed by atoms with E-state index in [-0.39, 0.29) is 11.9 Å². The Kier molecular flexibility index (Phi) is 3.65. The normalized spacial score (nSPS) is 17.0. The first-order chi connectivity index (χ1) is 9.76. The highest BCUT2D eigenvalue weighted by Gasteiger charge is 2.22. The molecule has 20 heavy (non-hydrogen) atoms. The first kappa shape index (κ1) is 13.1. The Balaban J connectivity index is 1.70. The molecule has 0 saturated carbocycles. The van der Waals surface area contributed by atoms with Crippen molar-refractivity contribution < 1.29 is 9.13 Å². The minimum Gasteiger partial charge on any atom is -0.481 e. The van der Waals surface area contributed by atoms with Gasteiger partial charge >= 0.3 is 0 Å². The van der Waals surface area contributed by atoms with Crippen LogP contribution in [0, 0.1) is 5.82 Å². The van der Waals surface area contributed by atoms with E-state index in [0.29, 0.717) is 5.88 Å². The Morgan fingerprint density at radius 3 is 3.10 bits per heavy atom. The smallest absolute Gasteiger partial charge is 0.213 e. The summed E-state index contributed by atoms with van der Waals surface area (Å²) in [4.78, 5) is 4.09. The SMILES string of the molecule is COc1cc(CN[C@H]2CCc3ccc(F)cc32)ccn1. The molecule has 2 aromatic rings. The highest BCUT2D eigenvalue weighted by molar-refractivity contribution is 5.35. The molecule has 0 radical (unpaired) electrons. The van der Waals surface area contributed by atoms with Crippen LogP contribution < -0.4 is 10.1 Å². The zero-order valence-corrected chi connectivity index (χ0v) is 11.4. The molecule has 1 aromatic carbocycles. The highest BCUT2D eigenvalue weighted by atomic mass is 19.1. The molecule has 0 amide bonds. The molecular weight excluding hydrogens is 255 g/mol. The molecule has 104 valence electrons. The van der Waals surface area contributed by atoms with E-state index in [4.69, 9.17) is 4.74 Å². The fourth-order valence-corrected chi connectivity index (χ4v) is 2.70. The summed E-state index contributed by atoms with van der Waals surface area (Å²) in [5, 5.41) is 3.48. The number of halogens is 1. The molecule has 0 spiro atoms. The highest BCUT2D eigenvalue weighted by Crippen LogP contribution is 2.31. The van der Waals surface area contributed by atoms with Crippen molar-refractivity contribution in [1.82, 2.24) is 10.3 Å². The lowest BCUT2D eigenvalue weighted by Crippen LogP contribution is -2.18. The summed E-state index contributed by atoms with van der Waals surface area (Å²) in [5.41, 5.74) is 3.45. The third kappa shape index (κ3) is 2.65. The largest absolute Gasteiger partial charge is 0.481 e. The summed E-state index contributed by atoms with van der Waals surface area (Å²) in [6.07, 6.45) is 3.76. The van der Waals surface area contributed by atoms with E-state index in [1.54, 1.807) is 19.4 Å². The van der Waals surface area contributed by atoms with Gasteiger partial charge in [-0.1, -0.05) is 6.07 Å². The number of hydrogen-bond donors (Lipinski definition) is 1. The number of rotatable bonds is 4. The van der Waals surface area contributed by atoms with E-state index < -0.39 is 0 Å². The van der Waals surface area contributed by atoms with Crippen molar-refractivity contribution in [3.05, 3.63) is 59.0 Å². The molecule has 1 aliphatic carbocycles. The Bertz CT molecular complexity index is 615. The number of nitrogens with zero attached hydrogens (tertiary/aromatic N) is 1. The van der Waals surface area contributed by atoms with Crippen LogP contribution in [-0.4, -0.2) is 12.1 Å². The number of benzene rings is 1. The molecule has 0 saturated heterocycles. The molecule has 1 atom stereocenters. The van der Waals surface area contributed by atoms with Crippen LogP contribution in [0.4, 0.5) is 4.39 Å². The van der Waals surface area contributed by atoms with E-state index in [9.17, 15) is 4.39 Å². The number of nitrogens with one attached hydrogen (secondary N) is 1. The molecule has 1 N–H and O–H groups in total. The third-order valence-corrected chi connectivity index (χ3v) is 3.75. The molecule has 4 heteroatoms. The summed E-state index contributed by atoms with van der Waals surface area (Å²) in [7, 11) is 1.61. The molecule has 1 aromatic heterocycles. The van der Waals surface area contributed by atoms with E-state index in [0.717, 1.165) is 30.5 Å². The van der Waals surface area contributed by atoms with Crippen LogP contribution in [0.15, 0.2) is 36.5 Å². The van der Waals surface area contributed by atoms with Gasteiger partial charge in [-0.15, -0.1) is 0 Å². The molecule has 1 aliphatic rings. The van der Waals surface area contributed by atoms with E-state index in [1.165, 1.54) is 11.6 Å². The Morgan fingerprint density at radius 2 is 2.25 bits per heavy atom. The zero-order valence-electron chi connectivity index (χ0n) is 11.4. The minimum atomic E-state index is -0.164. The van der Waals surface area contributed by atoms with Crippen molar-refractivity contribution >= 4 is 0 Å². The molecular formula is C16H17FN2O. The van der Waals surface area contributed by atoms with Crippen LogP contribution in [0.5, 0.6) is 5.88 Å². The van der Waals surface area contributed by atoms with Gasteiger partial charge in [0, 0.05) is 24.8 Å². The summed E-state index contributed by atoms with van der Waals surface area (Å²) < 4.78 is 18.5. The van der Waals surface area contributed by atoms with Gasteiger partial charge in [0.15, 0.2) is 0 Å². The van der Waals surface area contributed by atoms with Crippen LogP contribution >= 0.6 is 0 Å². The van der Waals surface area contributed by atoms with Gasteiger partial charge in [0.05, 0.1) is 7.11 Å². The summed E-state index contributed by atoms with van der Waals surface area (Å²) in [6, 6.07) is 9.16. The zero-order chi connectivity index (χ0) is 13.9. The average molecular weight is 272 g/mol. The standard InChI is InChI=1S/C16H17FN2O/c1-20-16-8-11(6-7-18-16)10-19-15-5-3-12-2-4-13(17)9-14(12)15/h2,4,6-9,15,19H,3,5,10H2,1H3/t15-/m0/s1. The number of ether oxygens (including phenoxy) is 1. The summed E-state index contributed by atoms with van der Waals surface area (Å²) in [6.45, 7) is 0.722. The average Bonchev–Trinajstić information content (AvgIpc) is 2.87. The molecule has 0 bridgehead atoms. The monoisotopic (exact) mass is 272 g/mol. The third-order valence-electron chi connectivity index (χ3n) is 3.75. The summed E-state index contributed by atoms with van der Waals surface area (Å²) >= 11 is 0. The molecule has 0 aliphatic heterocycles. The lowest BCUT2D eigenvalue weighted by Gasteiger charge is -2.14. The number of methoxy groups -OCH3 is 1. The maximum absolute atomic E-state index is 13.3. The van der Waals surface area contributed by atoms with Crippen LogP contribution in [0.3, 0.4) is 0 Å². The fourth-order valence-electron chi connectivity index (χ4n) is 2.70. The van der Waals surface area contributed by atoms with Gasteiger partial charge in [0.2, 0.25) is 5.88 Å². The van der Waals surface area contributed by atoms with Gasteiger partial charge in [0.25, 0.3) is 0 Å². The maximum atomic E-state index is 13.3. The van der Waals surface area contributed by atoms with Crippen molar-refractivity contribution in [1.29, 1.82) is 0 Å². The molecule has 3 nitrogen and oxygen atoms in total. The molecule has 3 rings (SSSR count). The van der Waals surface area contributed by atoms with Gasteiger partial charge in [-0.3, -0.25) is 0 Å². The van der Waals surface area contributed by atoms with Crippen LogP contribution in [-0.2, 0) is 13.0 Å². The van der Waals surface area contributed by atoms with Crippen molar-refractivity contribution in [3.8, 4) is 5.88 Å². The second-order valence-electron chi connectivity index (χ2n) is 5.02. The van der Waals surface area contributed by atoms with Gasteiger partial charge in [0.1, 0.15) is 5.82 Å². The fraction of sp³-hybridized carbons (Fsp3) is 0.312. The van der Waals surface area contributed by atoms with Crippen LogP contribution in [0.1, 0.15) is 29.2 Å². The molecule has 0 fully saturated rings. The van der Waals surface area contributed by atoms with Crippen molar-refractivity contribution in [2.75, 3.05) is 7.11 Å². The second-order valence-corrected chi connectivity index (χ2v) is 5.02. The van der Waals surface area contributed by atoms with Crippen molar-refractivity contribution in [3.63, 3.8) is 0 Å². The second kappa shape index (κ2) is 5.59. The van der Waals surface area contributed by atoms with Gasteiger partial charge in [-0.25, -0.2) is 9.37 Å². The first-order valence-electron chi connectivity index (χ1n) is 6.77. The van der Waals surface area contributed by atoms with E-state index in [2.05, 4.69) is 10.3 Å². The van der Waals surface area contributed by atoms with Crippen LogP contribution in [0.25, 0.3) is 0 Å².